The number of likely N-dealkylation sites (N-methyl/N-ethyl adjacent to an activating group) is 1. The minimum atomic E-state index is -1.52. The maximum absolute atomic E-state index is 12.9. The zero-order chi connectivity index (χ0) is 54.1. The second-order valence-electron chi connectivity index (χ2n) is 20.9. The van der Waals surface area contributed by atoms with Crippen molar-refractivity contribution in [3.63, 3.8) is 0 Å². The molecular formula is C65H112NO8+. The number of allylic oxidation sites excluding steroid dienone is 16. The van der Waals surface area contributed by atoms with E-state index in [-0.39, 0.29) is 38.6 Å². The van der Waals surface area contributed by atoms with Crippen LogP contribution in [0.4, 0.5) is 0 Å². The van der Waals surface area contributed by atoms with Gasteiger partial charge in [-0.05, 0) is 96.3 Å². The molecule has 9 nitrogen and oxygen atoms in total. The van der Waals surface area contributed by atoms with Crippen LogP contribution in [0.5, 0.6) is 0 Å². The number of aliphatic carboxylic acids is 1. The van der Waals surface area contributed by atoms with Crippen LogP contribution in [0, 0.1) is 0 Å². The van der Waals surface area contributed by atoms with Gasteiger partial charge in [-0.3, -0.25) is 9.59 Å². The molecule has 424 valence electrons. The number of hydrogen-bond acceptors (Lipinski definition) is 7. The van der Waals surface area contributed by atoms with Crippen molar-refractivity contribution >= 4 is 17.9 Å². The Kier molecular flexibility index (Phi) is 52.6. The van der Waals surface area contributed by atoms with Gasteiger partial charge in [-0.2, -0.15) is 0 Å². The number of carbonyl (C=O) groups is 3. The van der Waals surface area contributed by atoms with Gasteiger partial charge in [-0.1, -0.05) is 227 Å². The molecule has 9 heteroatoms. The Labute approximate surface area is 454 Å². The highest BCUT2D eigenvalue weighted by molar-refractivity contribution is 5.71. The van der Waals surface area contributed by atoms with Crippen LogP contribution in [0.1, 0.15) is 239 Å². The van der Waals surface area contributed by atoms with Crippen molar-refractivity contribution in [2.75, 3.05) is 47.5 Å². The Balaban J connectivity index is 4.20. The molecule has 74 heavy (non-hydrogen) atoms. The summed E-state index contributed by atoms with van der Waals surface area (Å²) >= 11 is 0. The second-order valence-corrected chi connectivity index (χ2v) is 20.9. The van der Waals surface area contributed by atoms with E-state index in [2.05, 4.69) is 111 Å². The van der Waals surface area contributed by atoms with Gasteiger partial charge < -0.3 is 28.5 Å². The molecule has 2 unspecified atom stereocenters. The van der Waals surface area contributed by atoms with E-state index in [4.69, 9.17) is 18.9 Å². The molecule has 0 aliphatic carbocycles. The smallest absolute Gasteiger partial charge is 0.361 e. The third-order valence-electron chi connectivity index (χ3n) is 12.6. The number of ether oxygens (including phenoxy) is 4. The summed E-state index contributed by atoms with van der Waals surface area (Å²) in [6.07, 6.45) is 72.0. The number of unbranched alkanes of at least 4 members (excludes halogenated alkanes) is 23. The first kappa shape index (κ1) is 70.2. The largest absolute Gasteiger partial charge is 0.477 e. The SMILES string of the molecule is CC/C=C\C/C=C\C/C=C\C/C=C\C/C=C\C/C=C\C/C=C\CCCCCCCCCCCCCC(=O)OC(COC(=O)CCCCCCC/C=C\CCCCCCCCC)COC(OCC[N+](C)(C)C)C(=O)O. The molecule has 0 spiro atoms. The standard InChI is InChI=1S/C65H111NO8/c1-6-8-10-12-14-16-18-20-22-24-25-26-27-28-29-30-31-32-33-34-35-36-37-38-39-40-42-44-46-48-50-52-54-56-63(68)74-61(60-73-65(64(69)70)71-58-57-66(3,4)5)59-72-62(67)55-53-51-49-47-45-43-41-23-21-19-17-15-13-11-9-7-2/h8,10,14,16,20,22-23,25-26,28-29,31-32,34-35,41,61,65H,6-7,9,11-13,15,17-19,21,24,27,30,33,36-40,42-60H2,1-5H3/p+1/b10-8-,16-14-,22-20-,26-25-,29-28-,32-31-,35-34-,41-23-. The van der Waals surface area contributed by atoms with Crippen molar-refractivity contribution < 1.29 is 42.9 Å². The second kappa shape index (κ2) is 55.4. The lowest BCUT2D eigenvalue weighted by atomic mass is 10.0. The molecule has 0 saturated heterocycles. The fourth-order valence-corrected chi connectivity index (χ4v) is 7.99. The van der Waals surface area contributed by atoms with E-state index < -0.39 is 24.3 Å². The first-order valence-corrected chi connectivity index (χ1v) is 29.9. The predicted molar refractivity (Wildman–Crippen MR) is 313 cm³/mol. The summed E-state index contributed by atoms with van der Waals surface area (Å²) in [6, 6.07) is 0. The minimum absolute atomic E-state index is 0.182. The van der Waals surface area contributed by atoms with Gasteiger partial charge in [0.15, 0.2) is 6.10 Å². The number of carboxylic acid groups (broad SMARTS) is 1. The highest BCUT2D eigenvalue weighted by Gasteiger charge is 2.25. The van der Waals surface area contributed by atoms with E-state index in [1.54, 1.807) is 0 Å². The molecule has 0 bridgehead atoms. The molecule has 0 amide bonds. The maximum Gasteiger partial charge on any atom is 0.361 e. The Morgan fingerprint density at radius 3 is 1.16 bits per heavy atom. The van der Waals surface area contributed by atoms with Gasteiger partial charge in [0.25, 0.3) is 6.29 Å². The summed E-state index contributed by atoms with van der Waals surface area (Å²) in [5.74, 6) is -2.02. The highest BCUT2D eigenvalue weighted by atomic mass is 16.7. The van der Waals surface area contributed by atoms with Crippen molar-refractivity contribution in [1.29, 1.82) is 0 Å². The van der Waals surface area contributed by atoms with E-state index in [9.17, 15) is 19.5 Å². The molecule has 0 aromatic rings. The maximum atomic E-state index is 12.9. The number of nitrogens with zero attached hydrogens (tertiary/aromatic N) is 1. The van der Waals surface area contributed by atoms with Gasteiger partial charge in [0.05, 0.1) is 34.4 Å². The summed E-state index contributed by atoms with van der Waals surface area (Å²) in [6.45, 7) is 4.75. The number of quaternary nitrogens is 1. The Morgan fingerprint density at radius 1 is 0.419 bits per heavy atom. The topological polar surface area (TPSA) is 108 Å². The summed E-state index contributed by atoms with van der Waals surface area (Å²) in [4.78, 5) is 37.4. The van der Waals surface area contributed by atoms with Crippen LogP contribution in [0.3, 0.4) is 0 Å². The first-order chi connectivity index (χ1) is 36.1. The van der Waals surface area contributed by atoms with E-state index in [0.717, 1.165) is 109 Å². The van der Waals surface area contributed by atoms with Crippen molar-refractivity contribution in [2.45, 2.75) is 251 Å². The summed E-state index contributed by atoms with van der Waals surface area (Å²) in [7, 11) is 5.96. The molecule has 0 aliphatic heterocycles. The lowest BCUT2D eigenvalue weighted by molar-refractivity contribution is -0.870. The number of rotatable bonds is 54. The average Bonchev–Trinajstić information content (AvgIpc) is 3.37. The summed E-state index contributed by atoms with van der Waals surface area (Å²) in [5, 5.41) is 9.70. The van der Waals surface area contributed by atoms with Crippen LogP contribution in [-0.4, -0.2) is 87.4 Å². The molecule has 0 aromatic heterocycles. The molecule has 0 saturated carbocycles. The summed E-state index contributed by atoms with van der Waals surface area (Å²) < 4.78 is 22.9. The van der Waals surface area contributed by atoms with Crippen LogP contribution in [0.2, 0.25) is 0 Å². The van der Waals surface area contributed by atoms with Gasteiger partial charge in [-0.25, -0.2) is 4.79 Å². The van der Waals surface area contributed by atoms with Crippen molar-refractivity contribution in [3.05, 3.63) is 97.2 Å². The molecule has 0 aliphatic rings. The molecule has 2 atom stereocenters. The quantitative estimate of drug-likeness (QED) is 0.0211. The molecule has 1 N–H and O–H groups in total. The van der Waals surface area contributed by atoms with Crippen LogP contribution in [0.25, 0.3) is 0 Å². The number of esters is 2. The van der Waals surface area contributed by atoms with Crippen LogP contribution in [0.15, 0.2) is 97.2 Å². The van der Waals surface area contributed by atoms with E-state index in [1.807, 2.05) is 21.1 Å². The van der Waals surface area contributed by atoms with Gasteiger partial charge in [0.2, 0.25) is 0 Å². The van der Waals surface area contributed by atoms with E-state index in [1.165, 1.54) is 96.3 Å². The molecule has 0 fully saturated rings. The van der Waals surface area contributed by atoms with Crippen LogP contribution < -0.4 is 0 Å². The first-order valence-electron chi connectivity index (χ1n) is 29.9. The summed E-state index contributed by atoms with van der Waals surface area (Å²) in [5.41, 5.74) is 0. The van der Waals surface area contributed by atoms with E-state index >= 15 is 0 Å². The fourth-order valence-electron chi connectivity index (χ4n) is 7.99. The molecule has 0 radical (unpaired) electrons. The van der Waals surface area contributed by atoms with Gasteiger partial charge in [0.1, 0.15) is 13.2 Å². The van der Waals surface area contributed by atoms with Crippen LogP contribution in [-0.2, 0) is 33.3 Å². The zero-order valence-corrected chi connectivity index (χ0v) is 48.2. The Hall–Kier alpha value is -3.79. The molecule has 0 rings (SSSR count). The monoisotopic (exact) mass is 1030 g/mol. The molecular weight excluding hydrogens is 923 g/mol. The van der Waals surface area contributed by atoms with Crippen molar-refractivity contribution in [3.8, 4) is 0 Å². The minimum Gasteiger partial charge on any atom is -0.477 e. The van der Waals surface area contributed by atoms with Gasteiger partial charge in [0, 0.05) is 12.8 Å². The third kappa shape index (κ3) is 55.9. The number of hydrogen-bond donors (Lipinski definition) is 1. The van der Waals surface area contributed by atoms with Gasteiger partial charge >= 0.3 is 17.9 Å². The van der Waals surface area contributed by atoms with Crippen molar-refractivity contribution in [1.82, 2.24) is 0 Å². The Morgan fingerprint density at radius 2 is 0.770 bits per heavy atom. The van der Waals surface area contributed by atoms with E-state index in [0.29, 0.717) is 17.4 Å². The third-order valence-corrected chi connectivity index (χ3v) is 12.6. The fraction of sp³-hybridized carbons (Fsp3) is 0.708. The average molecular weight is 1040 g/mol. The predicted octanol–water partition coefficient (Wildman–Crippen LogP) is 17.7. The lowest BCUT2D eigenvalue weighted by Gasteiger charge is -2.25. The van der Waals surface area contributed by atoms with Gasteiger partial charge in [-0.15, -0.1) is 0 Å². The normalized spacial score (nSPS) is 13.5. The lowest BCUT2D eigenvalue weighted by Crippen LogP contribution is -2.40. The Bertz CT molecular complexity index is 1530. The highest BCUT2D eigenvalue weighted by Crippen LogP contribution is 2.15. The number of carboxylic acids is 1. The zero-order valence-electron chi connectivity index (χ0n) is 48.2. The van der Waals surface area contributed by atoms with Crippen LogP contribution >= 0.6 is 0 Å². The molecule has 0 heterocycles. The molecule has 0 aromatic carbocycles. The van der Waals surface area contributed by atoms with Crippen molar-refractivity contribution in [2.24, 2.45) is 0 Å². The number of carbonyl (C=O) groups excluding carboxylic acids is 2.